The third kappa shape index (κ3) is 39.8. The first-order valence-electron chi connectivity index (χ1n) is 37.3. The zero-order valence-corrected chi connectivity index (χ0v) is 59.1. The molecule has 0 radical (unpaired) electrons. The van der Waals surface area contributed by atoms with E-state index in [2.05, 4.69) is 97.0 Å². The standard InChI is InChI=1S/C66H114N2.C15H24O2.Ni/c1-7-13-19-20-21-22-23-24-25-26-27-28-29-30-31-32-33-34-35-36-37-38-39-40-46-52-66(68-64-57-61(49-43-16-10-4)54-62(58-64)50-44-17-11-5)65(51-45-18-12-6)67-63-55-59(47-41-14-8-2)53-60(56-63)48-42-15-9-3;1-4-7-11-10-12(8-5-2)14(16)15(17)13(11)9-6-3;/h45,51,53-58H,7-44,46-50,52H2,1-6H3;10,16-17H,4-9H2,1-3H3;/q;;+2/p-2. The van der Waals surface area contributed by atoms with Crippen molar-refractivity contribution in [2.75, 3.05) is 0 Å². The minimum Gasteiger partial charge on any atom is -0.873 e. The molecule has 0 amide bonds. The minimum absolute atomic E-state index is 0. The molecule has 0 spiro atoms. The van der Waals surface area contributed by atoms with Crippen LogP contribution in [0, 0.1) is 0 Å². The van der Waals surface area contributed by atoms with Crippen molar-refractivity contribution in [1.29, 1.82) is 0 Å². The van der Waals surface area contributed by atoms with Crippen LogP contribution in [0.4, 0.5) is 11.4 Å². The predicted octanol–water partition coefficient (Wildman–Crippen LogP) is 25.7. The van der Waals surface area contributed by atoms with E-state index in [-0.39, 0.29) is 28.0 Å². The van der Waals surface area contributed by atoms with Gasteiger partial charge in [0.15, 0.2) is 0 Å². The van der Waals surface area contributed by atoms with E-state index < -0.39 is 0 Å². The van der Waals surface area contributed by atoms with Crippen molar-refractivity contribution >= 4 is 22.8 Å². The van der Waals surface area contributed by atoms with Crippen LogP contribution in [0.25, 0.3) is 0 Å². The molecule has 4 nitrogen and oxygen atoms in total. The van der Waals surface area contributed by atoms with Gasteiger partial charge in [0.2, 0.25) is 0 Å². The Morgan fingerprint density at radius 2 is 0.640 bits per heavy atom. The molecule has 0 bridgehead atoms. The Balaban J connectivity index is 0.00000175. The first kappa shape index (κ1) is 80.8. The van der Waals surface area contributed by atoms with Crippen molar-refractivity contribution < 1.29 is 26.7 Å². The molecule has 3 aromatic carbocycles. The van der Waals surface area contributed by atoms with Gasteiger partial charge in [-0.25, -0.2) is 4.99 Å². The summed E-state index contributed by atoms with van der Waals surface area (Å²) in [5.41, 5.74) is 12.9. The van der Waals surface area contributed by atoms with Gasteiger partial charge >= 0.3 is 16.5 Å². The van der Waals surface area contributed by atoms with Gasteiger partial charge < -0.3 is 10.2 Å². The molecule has 0 atom stereocenters. The van der Waals surface area contributed by atoms with E-state index in [1.165, 1.54) is 266 Å². The topological polar surface area (TPSA) is 70.8 Å². The summed E-state index contributed by atoms with van der Waals surface area (Å²) in [6.45, 7) is 20.0. The molecular weight excluding hydrogens is 1090 g/mol. The summed E-state index contributed by atoms with van der Waals surface area (Å²) >= 11 is 0. The Labute approximate surface area is 544 Å². The van der Waals surface area contributed by atoms with Crippen molar-refractivity contribution in [3.05, 3.63) is 93.6 Å². The largest absolute Gasteiger partial charge is 2.00 e. The third-order valence-corrected chi connectivity index (χ3v) is 17.5. The first-order valence-corrected chi connectivity index (χ1v) is 37.3. The molecule has 0 saturated heterocycles. The summed E-state index contributed by atoms with van der Waals surface area (Å²) in [5, 5.41) is 23.9. The van der Waals surface area contributed by atoms with E-state index in [4.69, 9.17) is 9.98 Å². The maximum absolute atomic E-state index is 12.0. The SMILES string of the molecule is CCCC=CC(=Nc1cc(CCCCC)cc(CCCCC)c1)C(CCCCCCCCCCCCCCCCCCCCCCCCCCC)=Nc1cc(CCCCC)cc(CCCCC)c1.CCCc1cc(CCC)c(CCC)c([O-])c1[O-].[Ni+2]. The average molecular weight is 1230 g/mol. The van der Waals surface area contributed by atoms with Gasteiger partial charge in [-0.2, -0.15) is 0 Å². The van der Waals surface area contributed by atoms with Crippen molar-refractivity contribution in [2.24, 2.45) is 9.98 Å². The molecule has 0 aliphatic rings. The van der Waals surface area contributed by atoms with Crippen LogP contribution in [-0.2, 0) is 61.4 Å². The number of nitrogens with zero attached hydrogens (tertiary/aromatic N) is 2. The van der Waals surface area contributed by atoms with Crippen molar-refractivity contribution in [2.45, 2.75) is 383 Å². The normalized spacial score (nSPS) is 11.9. The second-order valence-corrected chi connectivity index (χ2v) is 25.9. The zero-order valence-electron chi connectivity index (χ0n) is 58.1. The number of hydrogen-bond acceptors (Lipinski definition) is 4. The van der Waals surface area contributed by atoms with E-state index >= 15 is 0 Å². The number of rotatable bonds is 54. The van der Waals surface area contributed by atoms with E-state index in [0.29, 0.717) is 5.56 Å². The molecule has 0 heterocycles. The van der Waals surface area contributed by atoms with Gasteiger partial charge in [0.25, 0.3) is 0 Å². The number of benzene rings is 3. The summed E-state index contributed by atoms with van der Waals surface area (Å²) in [6.07, 6.45) is 68.5. The summed E-state index contributed by atoms with van der Waals surface area (Å²) in [5.74, 6) is -0.517. The maximum Gasteiger partial charge on any atom is 2.00 e. The predicted molar refractivity (Wildman–Crippen MR) is 377 cm³/mol. The van der Waals surface area contributed by atoms with Crippen LogP contribution in [0.5, 0.6) is 11.5 Å². The molecule has 0 N–H and O–H groups in total. The molecule has 0 unspecified atom stereocenters. The molecule has 86 heavy (non-hydrogen) atoms. The monoisotopic (exact) mass is 1230 g/mol. The Kier molecular flexibility index (Phi) is 53.6. The summed E-state index contributed by atoms with van der Waals surface area (Å²) in [6, 6.07) is 16.6. The van der Waals surface area contributed by atoms with Crippen LogP contribution in [0.3, 0.4) is 0 Å². The fourth-order valence-corrected chi connectivity index (χ4v) is 12.3. The van der Waals surface area contributed by atoms with Gasteiger partial charge in [0.1, 0.15) is 0 Å². The number of unbranched alkanes of at least 4 members (excludes halogenated alkanes) is 33. The zero-order chi connectivity index (χ0) is 61.6. The Bertz CT molecular complexity index is 2100. The maximum atomic E-state index is 12.0. The summed E-state index contributed by atoms with van der Waals surface area (Å²) < 4.78 is 0. The van der Waals surface area contributed by atoms with Gasteiger partial charge in [-0.3, -0.25) is 4.99 Å². The number of aryl methyl sites for hydroxylation is 6. The fraction of sp³-hybridized carbons (Fsp3) is 0.728. The molecule has 0 aliphatic carbocycles. The van der Waals surface area contributed by atoms with Crippen LogP contribution >= 0.6 is 0 Å². The van der Waals surface area contributed by atoms with Crippen LogP contribution in [-0.4, -0.2) is 11.4 Å². The molecule has 3 aromatic rings. The molecule has 0 aromatic heterocycles. The van der Waals surface area contributed by atoms with E-state index in [0.717, 1.165) is 112 Å². The first-order chi connectivity index (χ1) is 41.7. The van der Waals surface area contributed by atoms with Gasteiger partial charge in [-0.1, -0.05) is 329 Å². The minimum atomic E-state index is -0.268. The van der Waals surface area contributed by atoms with Crippen LogP contribution in [0.15, 0.2) is 64.6 Å². The van der Waals surface area contributed by atoms with Crippen LogP contribution in [0.2, 0.25) is 0 Å². The van der Waals surface area contributed by atoms with E-state index in [9.17, 15) is 10.2 Å². The van der Waals surface area contributed by atoms with Gasteiger partial charge in [0, 0.05) is 0 Å². The van der Waals surface area contributed by atoms with Crippen molar-refractivity contribution in [3.8, 4) is 11.5 Å². The van der Waals surface area contributed by atoms with E-state index in [1.807, 2.05) is 19.9 Å². The Hall–Kier alpha value is -3.17. The third-order valence-electron chi connectivity index (χ3n) is 17.5. The molecular formula is C81H136N2NiO2. The van der Waals surface area contributed by atoms with Gasteiger partial charge in [-0.15, -0.1) is 11.5 Å². The molecule has 5 heteroatoms. The second kappa shape index (κ2) is 57.0. The molecule has 0 aliphatic heterocycles. The van der Waals surface area contributed by atoms with Crippen molar-refractivity contribution in [3.63, 3.8) is 0 Å². The van der Waals surface area contributed by atoms with Crippen molar-refractivity contribution in [1.82, 2.24) is 0 Å². The molecule has 3 rings (SSSR count). The quantitative estimate of drug-likeness (QED) is 0.0321. The smallest absolute Gasteiger partial charge is 0.873 e. The second-order valence-electron chi connectivity index (χ2n) is 25.9. The summed E-state index contributed by atoms with van der Waals surface area (Å²) in [4.78, 5) is 11.2. The number of hydrogen-bond donors (Lipinski definition) is 0. The molecule has 0 fully saturated rings. The molecule has 0 saturated carbocycles. The molecule has 492 valence electrons. The Morgan fingerprint density at radius 3 is 0.988 bits per heavy atom. The number of aliphatic imine (C=N–C) groups is 2. The summed E-state index contributed by atoms with van der Waals surface area (Å²) in [7, 11) is 0. The van der Waals surface area contributed by atoms with Gasteiger partial charge in [-0.05, 0) is 148 Å². The number of allylic oxidation sites excluding steroid dienone is 2. The van der Waals surface area contributed by atoms with Crippen LogP contribution < -0.4 is 10.2 Å². The van der Waals surface area contributed by atoms with E-state index in [1.54, 1.807) is 0 Å². The van der Waals surface area contributed by atoms with Crippen LogP contribution in [0.1, 0.15) is 377 Å². The van der Waals surface area contributed by atoms with Gasteiger partial charge in [0.05, 0.1) is 22.8 Å². The average Bonchev–Trinajstić information content (AvgIpc) is 2.23. The Morgan fingerprint density at radius 1 is 0.314 bits per heavy atom. The fourth-order valence-electron chi connectivity index (χ4n) is 12.3.